The van der Waals surface area contributed by atoms with Gasteiger partial charge in [0.05, 0.1) is 0 Å². The van der Waals surface area contributed by atoms with E-state index in [4.69, 9.17) is 0 Å². The third kappa shape index (κ3) is 3.01. The highest BCUT2D eigenvalue weighted by molar-refractivity contribution is 5.20. The normalized spacial score (nSPS) is 14.8. The fraction of sp³-hybridized carbons (Fsp3) is 0.538. The topological polar surface area (TPSA) is 12.0 Å². The summed E-state index contributed by atoms with van der Waals surface area (Å²) in [7, 11) is 1.87. The van der Waals surface area contributed by atoms with Crippen molar-refractivity contribution in [1.29, 1.82) is 0 Å². The van der Waals surface area contributed by atoms with E-state index in [1.807, 2.05) is 7.05 Å². The Morgan fingerprint density at radius 3 is 2.56 bits per heavy atom. The number of halogens is 2. The summed E-state index contributed by atoms with van der Waals surface area (Å²) in [5, 5.41) is 3.10. The average molecular weight is 227 g/mol. The third-order valence-electron chi connectivity index (χ3n) is 3.11. The molecule has 0 spiro atoms. The van der Waals surface area contributed by atoms with Gasteiger partial charge >= 0.3 is 0 Å². The van der Waals surface area contributed by atoms with Crippen molar-refractivity contribution in [3.8, 4) is 0 Å². The van der Waals surface area contributed by atoms with Crippen LogP contribution >= 0.6 is 0 Å². The Morgan fingerprint density at radius 1 is 1.31 bits per heavy atom. The molecule has 0 bridgehead atoms. The van der Waals surface area contributed by atoms with Gasteiger partial charge < -0.3 is 5.32 Å². The van der Waals surface area contributed by atoms with Crippen LogP contribution in [-0.2, 0) is 6.42 Å². The van der Waals surface area contributed by atoms with Crippen LogP contribution < -0.4 is 5.32 Å². The molecule has 0 amide bonds. The Bertz CT molecular complexity index is 352. The third-order valence-corrected chi connectivity index (χ3v) is 3.11. The molecule has 1 rings (SSSR count). The summed E-state index contributed by atoms with van der Waals surface area (Å²) in [5.74, 6) is -1.47. The van der Waals surface area contributed by atoms with E-state index in [0.29, 0.717) is 12.0 Å². The quantitative estimate of drug-likeness (QED) is 0.814. The van der Waals surface area contributed by atoms with E-state index in [2.05, 4.69) is 19.2 Å². The van der Waals surface area contributed by atoms with Gasteiger partial charge in [0.2, 0.25) is 0 Å². The molecule has 1 aromatic carbocycles. The Morgan fingerprint density at radius 2 is 2.00 bits per heavy atom. The van der Waals surface area contributed by atoms with E-state index >= 15 is 0 Å². The predicted molar refractivity (Wildman–Crippen MR) is 62.4 cm³/mol. The van der Waals surface area contributed by atoms with Gasteiger partial charge in [-0.15, -0.1) is 0 Å². The van der Waals surface area contributed by atoms with Crippen LogP contribution in [0.25, 0.3) is 0 Å². The van der Waals surface area contributed by atoms with Crippen LogP contribution in [0.4, 0.5) is 8.78 Å². The van der Waals surface area contributed by atoms with Gasteiger partial charge in [-0.25, -0.2) is 8.78 Å². The molecule has 3 heteroatoms. The maximum atomic E-state index is 13.5. The molecule has 0 saturated carbocycles. The van der Waals surface area contributed by atoms with Gasteiger partial charge in [0.25, 0.3) is 0 Å². The fourth-order valence-corrected chi connectivity index (χ4v) is 1.88. The molecule has 0 heterocycles. The second-order valence-corrected chi connectivity index (χ2v) is 4.58. The minimum Gasteiger partial charge on any atom is -0.319 e. The SMILES string of the molecule is CCC(C)(CNC)Cc1cccc(F)c1F. The number of nitrogens with one attached hydrogen (secondary N) is 1. The molecular weight excluding hydrogens is 208 g/mol. The summed E-state index contributed by atoms with van der Waals surface area (Å²) in [6, 6.07) is 4.37. The fourth-order valence-electron chi connectivity index (χ4n) is 1.88. The smallest absolute Gasteiger partial charge is 0.162 e. The number of benzene rings is 1. The van der Waals surface area contributed by atoms with Gasteiger partial charge in [0.15, 0.2) is 11.6 Å². The molecule has 0 saturated heterocycles. The molecule has 90 valence electrons. The van der Waals surface area contributed by atoms with Gasteiger partial charge in [-0.1, -0.05) is 26.0 Å². The molecule has 0 aliphatic rings. The van der Waals surface area contributed by atoms with Gasteiger partial charge in [-0.3, -0.25) is 0 Å². The first-order chi connectivity index (χ1) is 7.52. The van der Waals surface area contributed by atoms with E-state index in [1.165, 1.54) is 0 Å². The van der Waals surface area contributed by atoms with Crippen molar-refractivity contribution in [1.82, 2.24) is 5.32 Å². The van der Waals surface area contributed by atoms with Crippen LogP contribution in [0.15, 0.2) is 18.2 Å². The Hall–Kier alpha value is -0.960. The first-order valence-corrected chi connectivity index (χ1v) is 5.60. The zero-order valence-corrected chi connectivity index (χ0v) is 10.1. The zero-order chi connectivity index (χ0) is 12.2. The molecule has 1 nitrogen and oxygen atoms in total. The maximum Gasteiger partial charge on any atom is 0.162 e. The van der Waals surface area contributed by atoms with Crippen molar-refractivity contribution < 1.29 is 8.78 Å². The van der Waals surface area contributed by atoms with E-state index in [1.54, 1.807) is 12.1 Å². The monoisotopic (exact) mass is 227 g/mol. The summed E-state index contributed by atoms with van der Waals surface area (Å²) >= 11 is 0. The lowest BCUT2D eigenvalue weighted by atomic mass is 9.81. The van der Waals surface area contributed by atoms with Crippen molar-refractivity contribution in [2.45, 2.75) is 26.7 Å². The van der Waals surface area contributed by atoms with Crippen LogP contribution in [0.1, 0.15) is 25.8 Å². The summed E-state index contributed by atoms with van der Waals surface area (Å²) in [4.78, 5) is 0. The van der Waals surface area contributed by atoms with Crippen LogP contribution in [-0.4, -0.2) is 13.6 Å². The maximum absolute atomic E-state index is 13.5. The van der Waals surface area contributed by atoms with Crippen LogP contribution in [0.5, 0.6) is 0 Å². The summed E-state index contributed by atoms with van der Waals surface area (Å²) in [5.41, 5.74) is 0.420. The Labute approximate surface area is 95.9 Å². The molecule has 0 aromatic heterocycles. The lowest BCUT2D eigenvalue weighted by molar-refractivity contribution is 0.293. The van der Waals surface area contributed by atoms with Crippen LogP contribution in [0, 0.1) is 17.0 Å². The first kappa shape index (κ1) is 13.1. The highest BCUT2D eigenvalue weighted by Crippen LogP contribution is 2.27. The van der Waals surface area contributed by atoms with Crippen molar-refractivity contribution >= 4 is 0 Å². The largest absolute Gasteiger partial charge is 0.319 e. The standard InChI is InChI=1S/C13H19F2N/c1-4-13(2,9-16-3)8-10-6-5-7-11(14)12(10)15/h5-7,16H,4,8-9H2,1-3H3. The lowest BCUT2D eigenvalue weighted by Gasteiger charge is -2.28. The number of rotatable bonds is 5. The van der Waals surface area contributed by atoms with E-state index in [9.17, 15) is 8.78 Å². The van der Waals surface area contributed by atoms with Gasteiger partial charge in [0.1, 0.15) is 0 Å². The van der Waals surface area contributed by atoms with Crippen molar-refractivity contribution in [2.75, 3.05) is 13.6 Å². The number of hydrogen-bond acceptors (Lipinski definition) is 1. The van der Waals surface area contributed by atoms with Crippen molar-refractivity contribution in [3.05, 3.63) is 35.4 Å². The molecule has 1 aromatic rings. The van der Waals surface area contributed by atoms with Crippen LogP contribution in [0.2, 0.25) is 0 Å². The Kier molecular flexibility index (Phi) is 4.42. The first-order valence-electron chi connectivity index (χ1n) is 5.60. The highest BCUT2D eigenvalue weighted by atomic mass is 19.2. The number of hydrogen-bond donors (Lipinski definition) is 1. The van der Waals surface area contributed by atoms with E-state index < -0.39 is 11.6 Å². The minimum atomic E-state index is -0.764. The van der Waals surface area contributed by atoms with E-state index in [-0.39, 0.29) is 5.41 Å². The summed E-state index contributed by atoms with van der Waals surface area (Å²) in [6.45, 7) is 4.93. The molecule has 1 unspecified atom stereocenters. The van der Waals surface area contributed by atoms with Gasteiger partial charge in [0, 0.05) is 6.54 Å². The molecule has 0 aliphatic carbocycles. The minimum absolute atomic E-state index is 0.0383. The lowest BCUT2D eigenvalue weighted by Crippen LogP contribution is -2.31. The molecule has 0 fully saturated rings. The van der Waals surface area contributed by atoms with Crippen LogP contribution in [0.3, 0.4) is 0 Å². The Balaban J connectivity index is 2.90. The van der Waals surface area contributed by atoms with Gasteiger partial charge in [-0.2, -0.15) is 0 Å². The van der Waals surface area contributed by atoms with E-state index in [0.717, 1.165) is 19.0 Å². The molecule has 0 aliphatic heterocycles. The molecule has 0 radical (unpaired) electrons. The average Bonchev–Trinajstić information content (AvgIpc) is 2.25. The summed E-state index contributed by atoms with van der Waals surface area (Å²) in [6.07, 6.45) is 1.47. The second-order valence-electron chi connectivity index (χ2n) is 4.58. The van der Waals surface area contributed by atoms with Crippen molar-refractivity contribution in [3.63, 3.8) is 0 Å². The molecule has 1 atom stereocenters. The van der Waals surface area contributed by atoms with Crippen molar-refractivity contribution in [2.24, 2.45) is 5.41 Å². The summed E-state index contributed by atoms with van der Waals surface area (Å²) < 4.78 is 26.6. The highest BCUT2D eigenvalue weighted by Gasteiger charge is 2.23. The zero-order valence-electron chi connectivity index (χ0n) is 10.1. The predicted octanol–water partition coefficient (Wildman–Crippen LogP) is 3.14. The van der Waals surface area contributed by atoms with Gasteiger partial charge in [-0.05, 0) is 36.9 Å². The molecule has 16 heavy (non-hydrogen) atoms. The molecule has 1 N–H and O–H groups in total. The molecular formula is C13H19F2N. The second kappa shape index (κ2) is 5.39.